The van der Waals surface area contributed by atoms with Gasteiger partial charge in [-0.25, -0.2) is 13.8 Å². The standard InChI is InChI=1S/C28H28ClF5N4O3/c29-19-8-4-7-18-21(16-5-2-1-3-6-16)36-24(26(41)37-22(18)19)38-25(40)20(15-9-12-27(30,31)13-10-15)17(23(35)39)11-14-28(32,33)34/h1-8,15,17,20,24H,9-14H2,(H2,35,39)(H,37,41)(H,38,40)/t17-,20+,24-/m1/s1. The molecule has 0 saturated heterocycles. The van der Waals surface area contributed by atoms with E-state index in [1.807, 2.05) is 0 Å². The zero-order chi connectivity index (χ0) is 29.9. The average Bonchev–Trinajstić information content (AvgIpc) is 3.04. The minimum Gasteiger partial charge on any atom is -0.369 e. The van der Waals surface area contributed by atoms with Crippen molar-refractivity contribution in [1.82, 2.24) is 5.32 Å². The van der Waals surface area contributed by atoms with Gasteiger partial charge in [-0.1, -0.05) is 54.1 Å². The van der Waals surface area contributed by atoms with Crippen LogP contribution < -0.4 is 16.4 Å². The van der Waals surface area contributed by atoms with E-state index in [-0.39, 0.29) is 23.6 Å². The van der Waals surface area contributed by atoms with Crippen LogP contribution in [-0.2, 0) is 14.4 Å². The van der Waals surface area contributed by atoms with Gasteiger partial charge in [0.15, 0.2) is 0 Å². The van der Waals surface area contributed by atoms with E-state index in [9.17, 15) is 36.3 Å². The zero-order valence-electron chi connectivity index (χ0n) is 21.7. The molecule has 0 bridgehead atoms. The molecule has 3 amide bonds. The first kappa shape index (κ1) is 30.4. The quantitative estimate of drug-likeness (QED) is 0.351. The number of fused-ring (bicyclic) bond motifs is 1. The second-order valence-electron chi connectivity index (χ2n) is 10.3. The van der Waals surface area contributed by atoms with Crippen molar-refractivity contribution in [1.29, 1.82) is 0 Å². The first-order chi connectivity index (χ1) is 19.3. The van der Waals surface area contributed by atoms with Crippen molar-refractivity contribution >= 4 is 40.7 Å². The number of halogens is 6. The van der Waals surface area contributed by atoms with Crippen LogP contribution in [0.25, 0.3) is 0 Å². The molecule has 0 aromatic heterocycles. The van der Waals surface area contributed by atoms with Crippen LogP contribution in [0.3, 0.4) is 0 Å². The maximum Gasteiger partial charge on any atom is 0.389 e. The highest BCUT2D eigenvalue weighted by Crippen LogP contribution is 2.43. The summed E-state index contributed by atoms with van der Waals surface area (Å²) in [5, 5.41) is 5.29. The van der Waals surface area contributed by atoms with E-state index in [0.717, 1.165) is 0 Å². The number of alkyl halides is 5. The second kappa shape index (κ2) is 12.1. The van der Waals surface area contributed by atoms with E-state index < -0.39 is 79.4 Å². The molecule has 13 heteroatoms. The molecule has 4 N–H and O–H groups in total. The van der Waals surface area contributed by atoms with Crippen LogP contribution in [0.1, 0.15) is 49.7 Å². The lowest BCUT2D eigenvalue weighted by molar-refractivity contribution is -0.148. The molecular formula is C28H28ClF5N4O3. The summed E-state index contributed by atoms with van der Waals surface area (Å²) in [5.41, 5.74) is 7.04. The van der Waals surface area contributed by atoms with Gasteiger partial charge in [0.25, 0.3) is 5.91 Å². The predicted molar refractivity (Wildman–Crippen MR) is 142 cm³/mol. The van der Waals surface area contributed by atoms with Gasteiger partial charge in [-0.3, -0.25) is 14.4 Å². The van der Waals surface area contributed by atoms with Crippen LogP contribution in [0.2, 0.25) is 5.02 Å². The van der Waals surface area contributed by atoms with Crippen molar-refractivity contribution in [2.24, 2.45) is 28.5 Å². The van der Waals surface area contributed by atoms with E-state index in [2.05, 4.69) is 15.6 Å². The maximum absolute atomic E-state index is 13.9. The van der Waals surface area contributed by atoms with Crippen molar-refractivity contribution < 1.29 is 36.3 Å². The maximum atomic E-state index is 13.9. The summed E-state index contributed by atoms with van der Waals surface area (Å²) < 4.78 is 67.1. The monoisotopic (exact) mass is 598 g/mol. The van der Waals surface area contributed by atoms with Gasteiger partial charge in [0, 0.05) is 36.3 Å². The Bertz CT molecular complexity index is 1330. The molecule has 0 spiro atoms. The molecule has 0 unspecified atom stereocenters. The summed E-state index contributed by atoms with van der Waals surface area (Å²) in [6.45, 7) is 0. The van der Waals surface area contributed by atoms with Crippen molar-refractivity contribution in [2.45, 2.75) is 56.8 Å². The fraction of sp³-hybridized carbons (Fsp3) is 0.429. The minimum absolute atomic E-state index is 0.202. The number of benzodiazepines with no additional fused rings is 1. The lowest BCUT2D eigenvalue weighted by atomic mass is 9.71. The van der Waals surface area contributed by atoms with Crippen LogP contribution in [0, 0.1) is 17.8 Å². The molecule has 4 rings (SSSR count). The molecule has 1 aliphatic carbocycles. The van der Waals surface area contributed by atoms with Gasteiger partial charge in [-0.05, 0) is 31.2 Å². The number of carbonyl (C=O) groups is 3. The number of rotatable bonds is 8. The number of nitrogens with one attached hydrogen (secondary N) is 2. The predicted octanol–water partition coefficient (Wildman–Crippen LogP) is 5.46. The minimum atomic E-state index is -4.64. The summed E-state index contributed by atoms with van der Waals surface area (Å²) in [6.07, 6.45) is -10.0. The first-order valence-electron chi connectivity index (χ1n) is 13.0. The zero-order valence-corrected chi connectivity index (χ0v) is 22.4. The Morgan fingerprint density at radius 2 is 1.76 bits per heavy atom. The number of hydrogen-bond donors (Lipinski definition) is 3. The summed E-state index contributed by atoms with van der Waals surface area (Å²) in [6, 6.07) is 13.6. The summed E-state index contributed by atoms with van der Waals surface area (Å²) >= 11 is 6.35. The number of aliphatic imine (C=N–C) groups is 1. The molecule has 1 heterocycles. The smallest absolute Gasteiger partial charge is 0.369 e. The topological polar surface area (TPSA) is 114 Å². The first-order valence-corrected chi connectivity index (χ1v) is 13.4. The molecule has 3 atom stereocenters. The molecule has 1 fully saturated rings. The Labute approximate surface area is 237 Å². The van der Waals surface area contributed by atoms with Crippen molar-refractivity contribution in [3.05, 3.63) is 64.7 Å². The third-order valence-electron chi connectivity index (χ3n) is 7.46. The molecule has 41 heavy (non-hydrogen) atoms. The van der Waals surface area contributed by atoms with Gasteiger partial charge in [0.2, 0.25) is 23.9 Å². The Balaban J connectivity index is 1.70. The van der Waals surface area contributed by atoms with E-state index in [1.165, 1.54) is 0 Å². The molecule has 2 aromatic rings. The summed E-state index contributed by atoms with van der Waals surface area (Å²) in [7, 11) is 0. The number of primary amides is 1. The van der Waals surface area contributed by atoms with E-state index in [1.54, 1.807) is 48.5 Å². The Kier molecular flexibility index (Phi) is 9.00. The normalized spacial score (nSPS) is 20.6. The molecule has 1 saturated carbocycles. The van der Waals surface area contributed by atoms with Gasteiger partial charge < -0.3 is 16.4 Å². The Hall–Kier alpha value is -3.54. The van der Waals surface area contributed by atoms with Crippen molar-refractivity contribution in [3.63, 3.8) is 0 Å². The number of nitrogens with zero attached hydrogens (tertiary/aromatic N) is 1. The lowest BCUT2D eigenvalue weighted by Gasteiger charge is -2.36. The SMILES string of the molecule is NC(=O)[C@H](CCC(F)(F)F)[C@@H](C(=O)N[C@H]1N=C(c2ccccc2)c2cccc(Cl)c2NC1=O)C1CCC(F)(F)CC1. The number of amides is 3. The van der Waals surface area contributed by atoms with Crippen LogP contribution in [0.5, 0.6) is 0 Å². The number of carbonyl (C=O) groups excluding carboxylic acids is 3. The largest absolute Gasteiger partial charge is 0.389 e. The fourth-order valence-electron chi connectivity index (χ4n) is 5.42. The molecule has 0 radical (unpaired) electrons. The fourth-order valence-corrected chi connectivity index (χ4v) is 5.64. The van der Waals surface area contributed by atoms with E-state index in [4.69, 9.17) is 17.3 Å². The van der Waals surface area contributed by atoms with Gasteiger partial charge in [0.05, 0.1) is 22.3 Å². The highest BCUT2D eigenvalue weighted by molar-refractivity contribution is 6.36. The van der Waals surface area contributed by atoms with Crippen LogP contribution in [0.15, 0.2) is 53.5 Å². The van der Waals surface area contributed by atoms with Gasteiger partial charge >= 0.3 is 6.18 Å². The number of nitrogens with two attached hydrogens (primary N) is 1. The van der Waals surface area contributed by atoms with Gasteiger partial charge in [-0.2, -0.15) is 13.2 Å². The Morgan fingerprint density at radius 1 is 1.10 bits per heavy atom. The second-order valence-corrected chi connectivity index (χ2v) is 10.7. The third-order valence-corrected chi connectivity index (χ3v) is 7.77. The van der Waals surface area contributed by atoms with Crippen LogP contribution in [-0.4, -0.2) is 41.7 Å². The summed E-state index contributed by atoms with van der Waals surface area (Å²) in [5.74, 6) is -9.87. The van der Waals surface area contributed by atoms with Crippen LogP contribution >= 0.6 is 11.6 Å². The molecule has 220 valence electrons. The summed E-state index contributed by atoms with van der Waals surface area (Å²) in [4.78, 5) is 43.8. The van der Waals surface area contributed by atoms with Crippen LogP contribution in [0.4, 0.5) is 27.6 Å². The highest BCUT2D eigenvalue weighted by Gasteiger charge is 2.46. The average molecular weight is 599 g/mol. The molecular weight excluding hydrogens is 571 g/mol. The van der Waals surface area contributed by atoms with Crippen molar-refractivity contribution in [2.75, 3.05) is 5.32 Å². The number of para-hydroxylation sites is 1. The lowest BCUT2D eigenvalue weighted by Crippen LogP contribution is -2.50. The van der Waals surface area contributed by atoms with E-state index in [0.29, 0.717) is 16.8 Å². The van der Waals surface area contributed by atoms with Gasteiger partial charge in [-0.15, -0.1) is 0 Å². The molecule has 2 aliphatic rings. The number of hydrogen-bond acceptors (Lipinski definition) is 4. The molecule has 1 aliphatic heterocycles. The third kappa shape index (κ3) is 7.41. The van der Waals surface area contributed by atoms with E-state index >= 15 is 0 Å². The molecule has 2 aromatic carbocycles. The highest BCUT2D eigenvalue weighted by atomic mass is 35.5. The van der Waals surface area contributed by atoms with Crippen molar-refractivity contribution in [3.8, 4) is 0 Å². The Morgan fingerprint density at radius 3 is 2.37 bits per heavy atom. The van der Waals surface area contributed by atoms with Gasteiger partial charge in [0.1, 0.15) is 0 Å². The molecule has 7 nitrogen and oxygen atoms in total. The number of benzene rings is 2. The number of anilines is 1.